The molecule has 1 fully saturated rings. The van der Waals surface area contributed by atoms with E-state index in [0.717, 1.165) is 45.1 Å². The van der Waals surface area contributed by atoms with E-state index in [1.807, 2.05) is 37.8 Å². The third-order valence-corrected chi connectivity index (χ3v) is 5.05. The van der Waals surface area contributed by atoms with Crippen molar-refractivity contribution in [3.8, 4) is 11.8 Å². The first-order valence-electron chi connectivity index (χ1n) is 10.8. The molecule has 0 aromatic heterocycles. The largest absolute Gasteiger partial charge is 0.466 e. The lowest BCUT2D eigenvalue weighted by atomic mass is 10.00. The fourth-order valence-corrected chi connectivity index (χ4v) is 3.30. The number of hydrogen-bond acceptors (Lipinski definition) is 4. The Morgan fingerprint density at radius 2 is 2.04 bits per heavy atom. The standard InChI is InChI=1S/C23H37NO4/c1-4-6-9-12-19(3)21(25)16-14-20-15-17-22(26)24(20)18-11-8-7-10-13-23(27)28-5-2/h14,16,19-21,25H,4-5,7-8,10-13,15,17-18H2,1-3H3/b16-14+/t19-,20?,21+/m0/s1. The number of rotatable bonds is 12. The molecule has 0 radical (unpaired) electrons. The van der Waals surface area contributed by atoms with Gasteiger partial charge < -0.3 is 14.7 Å². The van der Waals surface area contributed by atoms with Gasteiger partial charge in [0.15, 0.2) is 0 Å². The van der Waals surface area contributed by atoms with E-state index in [1.54, 1.807) is 0 Å². The Kier molecular flexibility index (Phi) is 12.3. The number of unbranched alkanes of at least 4 members (excludes halogenated alkanes) is 3. The molecule has 1 N–H and O–H groups in total. The molecule has 0 aromatic rings. The second kappa shape index (κ2) is 14.2. The summed E-state index contributed by atoms with van der Waals surface area (Å²) < 4.78 is 4.92. The number of nitrogens with zero attached hydrogens (tertiary/aromatic N) is 1. The molecule has 1 amide bonds. The van der Waals surface area contributed by atoms with Crippen molar-refractivity contribution in [2.75, 3.05) is 13.2 Å². The van der Waals surface area contributed by atoms with Crippen LogP contribution in [0.25, 0.3) is 0 Å². The molecular weight excluding hydrogens is 354 g/mol. The van der Waals surface area contributed by atoms with Crippen LogP contribution in [0.5, 0.6) is 0 Å². The minimum absolute atomic E-state index is 0.0793. The Morgan fingerprint density at radius 3 is 2.75 bits per heavy atom. The number of likely N-dealkylation sites (tertiary alicyclic amines) is 1. The number of aliphatic hydroxyl groups excluding tert-OH is 1. The van der Waals surface area contributed by atoms with Gasteiger partial charge in [-0.2, -0.15) is 0 Å². The first kappa shape index (κ1) is 24.2. The molecule has 0 spiro atoms. The van der Waals surface area contributed by atoms with Crippen molar-refractivity contribution in [3.63, 3.8) is 0 Å². The van der Waals surface area contributed by atoms with Crippen molar-refractivity contribution in [1.82, 2.24) is 4.90 Å². The van der Waals surface area contributed by atoms with Crippen LogP contribution in [-0.4, -0.2) is 47.2 Å². The maximum absolute atomic E-state index is 12.2. The third kappa shape index (κ3) is 9.41. The number of esters is 1. The molecule has 0 aromatic carbocycles. The second-order valence-electron chi connectivity index (χ2n) is 7.43. The highest BCUT2D eigenvalue weighted by atomic mass is 16.5. The Morgan fingerprint density at radius 1 is 1.29 bits per heavy atom. The quantitative estimate of drug-likeness (QED) is 0.237. The van der Waals surface area contributed by atoms with Gasteiger partial charge >= 0.3 is 5.97 Å². The van der Waals surface area contributed by atoms with Crippen LogP contribution in [0.2, 0.25) is 0 Å². The summed E-state index contributed by atoms with van der Waals surface area (Å²) in [6, 6.07) is 0.0793. The van der Waals surface area contributed by atoms with Crippen molar-refractivity contribution in [1.29, 1.82) is 0 Å². The van der Waals surface area contributed by atoms with Crippen LogP contribution in [0.4, 0.5) is 0 Å². The zero-order valence-electron chi connectivity index (χ0n) is 17.8. The lowest BCUT2D eigenvalue weighted by molar-refractivity contribution is -0.143. The molecule has 0 bridgehead atoms. The molecule has 1 unspecified atom stereocenters. The third-order valence-electron chi connectivity index (χ3n) is 5.05. The van der Waals surface area contributed by atoms with Gasteiger partial charge in [-0.3, -0.25) is 9.59 Å². The summed E-state index contributed by atoms with van der Waals surface area (Å²) in [4.78, 5) is 25.4. The van der Waals surface area contributed by atoms with Gasteiger partial charge in [-0.1, -0.05) is 38.8 Å². The van der Waals surface area contributed by atoms with Crippen molar-refractivity contribution in [3.05, 3.63) is 12.2 Å². The van der Waals surface area contributed by atoms with E-state index in [2.05, 4.69) is 11.8 Å². The highest BCUT2D eigenvalue weighted by Gasteiger charge is 2.28. The van der Waals surface area contributed by atoms with Crippen LogP contribution in [0, 0.1) is 17.8 Å². The predicted molar refractivity (Wildman–Crippen MR) is 111 cm³/mol. The SMILES string of the molecule is CCC#CC[C@H](C)[C@H](O)/C=C/C1CCC(=O)N1CCCCCCC(=O)OCC. The van der Waals surface area contributed by atoms with E-state index in [0.29, 0.717) is 25.9 Å². The van der Waals surface area contributed by atoms with Crippen LogP contribution in [-0.2, 0) is 14.3 Å². The number of ether oxygens (including phenoxy) is 1. The van der Waals surface area contributed by atoms with Gasteiger partial charge in [-0.05, 0) is 32.1 Å². The summed E-state index contributed by atoms with van der Waals surface area (Å²) in [5.41, 5.74) is 0. The minimum atomic E-state index is -0.536. The normalized spacial score (nSPS) is 18.8. The lowest BCUT2D eigenvalue weighted by Crippen LogP contribution is -2.33. The first-order chi connectivity index (χ1) is 13.5. The molecule has 5 heteroatoms. The molecule has 1 rings (SSSR count). The van der Waals surface area contributed by atoms with Gasteiger partial charge in [0.2, 0.25) is 5.91 Å². The van der Waals surface area contributed by atoms with Crippen molar-refractivity contribution >= 4 is 11.9 Å². The van der Waals surface area contributed by atoms with Crippen LogP contribution in [0.1, 0.15) is 78.6 Å². The Balaban J connectivity index is 2.34. The molecule has 28 heavy (non-hydrogen) atoms. The molecule has 1 saturated heterocycles. The highest BCUT2D eigenvalue weighted by molar-refractivity contribution is 5.79. The molecule has 5 nitrogen and oxygen atoms in total. The summed E-state index contributed by atoms with van der Waals surface area (Å²) in [5, 5.41) is 10.3. The van der Waals surface area contributed by atoms with E-state index in [1.165, 1.54) is 0 Å². The number of aliphatic hydroxyl groups is 1. The molecule has 1 aliphatic heterocycles. The van der Waals surface area contributed by atoms with Crippen LogP contribution in [0.15, 0.2) is 12.2 Å². The molecular formula is C23H37NO4. The Hall–Kier alpha value is -1.80. The van der Waals surface area contributed by atoms with E-state index < -0.39 is 6.10 Å². The van der Waals surface area contributed by atoms with Crippen LogP contribution >= 0.6 is 0 Å². The fourth-order valence-electron chi connectivity index (χ4n) is 3.30. The van der Waals surface area contributed by atoms with E-state index in [4.69, 9.17) is 4.74 Å². The second-order valence-corrected chi connectivity index (χ2v) is 7.43. The maximum Gasteiger partial charge on any atom is 0.305 e. The van der Waals surface area contributed by atoms with Crippen LogP contribution < -0.4 is 0 Å². The summed E-state index contributed by atoms with van der Waals surface area (Å²) in [5.74, 6) is 6.26. The monoisotopic (exact) mass is 391 g/mol. The lowest BCUT2D eigenvalue weighted by Gasteiger charge is -2.23. The zero-order chi connectivity index (χ0) is 20.8. The fraction of sp³-hybridized carbons (Fsp3) is 0.739. The molecule has 1 aliphatic rings. The Bertz CT molecular complexity index is 561. The summed E-state index contributed by atoms with van der Waals surface area (Å²) >= 11 is 0. The van der Waals surface area contributed by atoms with E-state index in [-0.39, 0.29) is 23.8 Å². The van der Waals surface area contributed by atoms with Gasteiger partial charge in [-0.25, -0.2) is 0 Å². The van der Waals surface area contributed by atoms with Gasteiger partial charge in [0.1, 0.15) is 0 Å². The molecule has 158 valence electrons. The molecule has 3 atom stereocenters. The molecule has 1 heterocycles. The van der Waals surface area contributed by atoms with Gasteiger partial charge in [0, 0.05) is 32.2 Å². The number of amides is 1. The number of carbonyl (C=O) groups is 2. The minimum Gasteiger partial charge on any atom is -0.466 e. The van der Waals surface area contributed by atoms with E-state index in [9.17, 15) is 14.7 Å². The smallest absolute Gasteiger partial charge is 0.305 e. The average Bonchev–Trinajstić information content (AvgIpc) is 3.02. The van der Waals surface area contributed by atoms with Gasteiger partial charge in [-0.15, -0.1) is 11.8 Å². The number of carbonyl (C=O) groups excluding carboxylic acids is 2. The topological polar surface area (TPSA) is 66.8 Å². The zero-order valence-corrected chi connectivity index (χ0v) is 17.8. The predicted octanol–water partition coefficient (Wildman–Crippen LogP) is 3.85. The highest BCUT2D eigenvalue weighted by Crippen LogP contribution is 2.22. The molecule has 0 saturated carbocycles. The number of hydrogen-bond donors (Lipinski definition) is 1. The Labute approximate surface area is 170 Å². The van der Waals surface area contributed by atoms with E-state index >= 15 is 0 Å². The first-order valence-corrected chi connectivity index (χ1v) is 10.8. The summed E-state index contributed by atoms with van der Waals surface area (Å²) in [7, 11) is 0. The summed E-state index contributed by atoms with van der Waals surface area (Å²) in [6.45, 7) is 6.99. The van der Waals surface area contributed by atoms with Crippen molar-refractivity contribution in [2.45, 2.75) is 90.7 Å². The van der Waals surface area contributed by atoms with Crippen LogP contribution in [0.3, 0.4) is 0 Å². The van der Waals surface area contributed by atoms with Gasteiger partial charge in [0.05, 0.1) is 18.8 Å². The van der Waals surface area contributed by atoms with Crippen molar-refractivity contribution in [2.24, 2.45) is 5.92 Å². The molecule has 0 aliphatic carbocycles. The van der Waals surface area contributed by atoms with Crippen molar-refractivity contribution < 1.29 is 19.4 Å². The summed E-state index contributed by atoms with van der Waals surface area (Å²) in [6.07, 6.45) is 10.4. The van der Waals surface area contributed by atoms with Gasteiger partial charge in [0.25, 0.3) is 0 Å². The average molecular weight is 392 g/mol. The maximum atomic E-state index is 12.2.